The van der Waals surface area contributed by atoms with E-state index in [0.29, 0.717) is 37.2 Å². The van der Waals surface area contributed by atoms with Gasteiger partial charge in [0.1, 0.15) is 11.6 Å². The van der Waals surface area contributed by atoms with Crippen LogP contribution in [0.2, 0.25) is 0 Å². The predicted molar refractivity (Wildman–Crippen MR) is 116 cm³/mol. The summed E-state index contributed by atoms with van der Waals surface area (Å²) < 4.78 is 47.3. The van der Waals surface area contributed by atoms with Gasteiger partial charge in [-0.3, -0.25) is 4.79 Å². The number of benzene rings is 2. The van der Waals surface area contributed by atoms with E-state index in [2.05, 4.69) is 20.7 Å². The normalized spacial score (nSPS) is 15.4. The lowest BCUT2D eigenvalue weighted by atomic mass is 10.0. The number of piperidine rings is 1. The molecule has 1 aliphatic heterocycles. The number of halogens is 2. The van der Waals surface area contributed by atoms with Crippen molar-refractivity contribution in [1.29, 1.82) is 0 Å². The zero-order chi connectivity index (χ0) is 21.9. The van der Waals surface area contributed by atoms with Gasteiger partial charge in [-0.25, -0.2) is 17.5 Å². The van der Waals surface area contributed by atoms with Crippen LogP contribution in [0.1, 0.15) is 37.0 Å². The molecule has 0 spiro atoms. The van der Waals surface area contributed by atoms with Crippen LogP contribution in [0.4, 0.5) is 4.39 Å². The quantitative estimate of drug-likeness (QED) is 0.653. The number of hydrogen-bond donors (Lipinski definition) is 1. The Morgan fingerprint density at radius 3 is 2.40 bits per heavy atom. The van der Waals surface area contributed by atoms with Crippen LogP contribution in [0, 0.1) is 5.82 Å². The number of rotatable bonds is 6. The molecule has 0 bridgehead atoms. The van der Waals surface area contributed by atoms with Crippen LogP contribution in [0.3, 0.4) is 0 Å². The third kappa shape index (κ3) is 5.59. The van der Waals surface area contributed by atoms with Crippen molar-refractivity contribution >= 4 is 31.9 Å². The zero-order valence-electron chi connectivity index (χ0n) is 16.8. The van der Waals surface area contributed by atoms with E-state index < -0.39 is 15.8 Å². The Kier molecular flexibility index (Phi) is 7.15. The minimum Gasteiger partial charge on any atom is -0.490 e. The molecule has 2 aromatic rings. The highest BCUT2D eigenvalue weighted by Crippen LogP contribution is 2.27. The predicted octanol–water partition coefficient (Wildman–Crippen LogP) is 3.96. The van der Waals surface area contributed by atoms with Crippen molar-refractivity contribution in [2.45, 2.75) is 43.7 Å². The second-order valence-corrected chi connectivity index (χ2v) is 10.1. The standard InChI is InChI=1S/C21H24BrFN2O4S/c1-14(2)29-20-13-15(22)3-8-19(20)21(26)25-11-9-17(10-12-25)24-30(27,28)18-6-4-16(23)5-7-18/h3-8,13-14,17,24H,9-12H2,1-2H3. The minimum atomic E-state index is -3.74. The lowest BCUT2D eigenvalue weighted by Crippen LogP contribution is -2.46. The summed E-state index contributed by atoms with van der Waals surface area (Å²) in [6.45, 7) is 4.64. The molecule has 0 aromatic heterocycles. The summed E-state index contributed by atoms with van der Waals surface area (Å²) in [4.78, 5) is 14.7. The topological polar surface area (TPSA) is 75.7 Å². The molecular formula is C21H24BrFN2O4S. The number of ether oxygens (including phenoxy) is 1. The Bertz CT molecular complexity index is 1000. The van der Waals surface area contributed by atoms with E-state index in [4.69, 9.17) is 4.74 Å². The van der Waals surface area contributed by atoms with Crippen LogP contribution in [-0.2, 0) is 10.0 Å². The van der Waals surface area contributed by atoms with E-state index in [1.165, 1.54) is 12.1 Å². The maximum absolute atomic E-state index is 13.0. The van der Waals surface area contributed by atoms with Crippen LogP contribution in [0.5, 0.6) is 5.75 Å². The molecule has 6 nitrogen and oxygen atoms in total. The Balaban J connectivity index is 1.64. The van der Waals surface area contributed by atoms with Gasteiger partial charge in [0.2, 0.25) is 10.0 Å². The number of nitrogens with zero attached hydrogens (tertiary/aromatic N) is 1. The number of amides is 1. The molecule has 1 aliphatic rings. The molecule has 0 atom stereocenters. The largest absolute Gasteiger partial charge is 0.490 e. The van der Waals surface area contributed by atoms with Crippen LogP contribution in [-0.4, -0.2) is 44.5 Å². The second kappa shape index (κ2) is 9.45. The first-order valence-corrected chi connectivity index (χ1v) is 12.0. The SMILES string of the molecule is CC(C)Oc1cc(Br)ccc1C(=O)N1CCC(NS(=O)(=O)c2ccc(F)cc2)CC1. The fraction of sp³-hybridized carbons (Fsp3) is 0.381. The summed E-state index contributed by atoms with van der Waals surface area (Å²) in [6.07, 6.45) is 0.906. The highest BCUT2D eigenvalue weighted by Gasteiger charge is 2.28. The number of carbonyl (C=O) groups excluding carboxylic acids is 1. The maximum Gasteiger partial charge on any atom is 0.257 e. The summed E-state index contributed by atoms with van der Waals surface area (Å²) in [6, 6.07) is 9.71. The van der Waals surface area contributed by atoms with Gasteiger partial charge in [-0.05, 0) is 69.2 Å². The van der Waals surface area contributed by atoms with Gasteiger partial charge >= 0.3 is 0 Å². The van der Waals surface area contributed by atoms with Crippen molar-refractivity contribution < 1.29 is 22.3 Å². The molecule has 3 rings (SSSR count). The summed E-state index contributed by atoms with van der Waals surface area (Å²) in [5.41, 5.74) is 0.484. The molecule has 1 N–H and O–H groups in total. The van der Waals surface area contributed by atoms with E-state index in [-0.39, 0.29) is 22.9 Å². The van der Waals surface area contributed by atoms with E-state index in [1.54, 1.807) is 23.1 Å². The molecule has 1 heterocycles. The smallest absolute Gasteiger partial charge is 0.257 e. The second-order valence-electron chi connectivity index (χ2n) is 7.45. The monoisotopic (exact) mass is 498 g/mol. The number of sulfonamides is 1. The first-order chi connectivity index (χ1) is 14.2. The van der Waals surface area contributed by atoms with Crippen molar-refractivity contribution in [2.24, 2.45) is 0 Å². The van der Waals surface area contributed by atoms with E-state index in [9.17, 15) is 17.6 Å². The molecule has 0 saturated carbocycles. The Morgan fingerprint density at radius 2 is 1.80 bits per heavy atom. The lowest BCUT2D eigenvalue weighted by Gasteiger charge is -2.32. The molecule has 1 fully saturated rings. The Hall–Kier alpha value is -1.97. The lowest BCUT2D eigenvalue weighted by molar-refractivity contribution is 0.0705. The van der Waals surface area contributed by atoms with E-state index >= 15 is 0 Å². The summed E-state index contributed by atoms with van der Waals surface area (Å²) in [5.74, 6) is -0.115. The summed E-state index contributed by atoms with van der Waals surface area (Å²) in [7, 11) is -3.74. The average Bonchev–Trinajstić information content (AvgIpc) is 2.68. The van der Waals surface area contributed by atoms with Gasteiger partial charge in [-0.1, -0.05) is 15.9 Å². The highest BCUT2D eigenvalue weighted by molar-refractivity contribution is 9.10. The highest BCUT2D eigenvalue weighted by atomic mass is 79.9. The number of likely N-dealkylation sites (tertiary alicyclic amines) is 1. The van der Waals surface area contributed by atoms with Crippen LogP contribution in [0.25, 0.3) is 0 Å². The first-order valence-electron chi connectivity index (χ1n) is 9.69. The van der Waals surface area contributed by atoms with Crippen molar-refractivity contribution in [1.82, 2.24) is 9.62 Å². The van der Waals surface area contributed by atoms with Crippen molar-refractivity contribution in [3.05, 3.63) is 58.3 Å². The number of hydrogen-bond acceptors (Lipinski definition) is 4. The molecule has 1 amide bonds. The number of carbonyl (C=O) groups is 1. The molecule has 2 aromatic carbocycles. The minimum absolute atomic E-state index is 0.0211. The molecule has 0 aliphatic carbocycles. The summed E-state index contributed by atoms with van der Waals surface area (Å²) in [5, 5.41) is 0. The third-order valence-electron chi connectivity index (χ3n) is 4.76. The Morgan fingerprint density at radius 1 is 1.17 bits per heavy atom. The van der Waals surface area contributed by atoms with Gasteiger partial charge in [0.05, 0.1) is 16.6 Å². The fourth-order valence-electron chi connectivity index (χ4n) is 3.30. The fourth-order valence-corrected chi connectivity index (χ4v) is 4.94. The van der Waals surface area contributed by atoms with Crippen LogP contribution >= 0.6 is 15.9 Å². The molecule has 0 radical (unpaired) electrons. The van der Waals surface area contributed by atoms with E-state index in [0.717, 1.165) is 16.6 Å². The maximum atomic E-state index is 13.0. The van der Waals surface area contributed by atoms with Crippen molar-refractivity contribution in [3.63, 3.8) is 0 Å². The first kappa shape index (κ1) is 22.7. The number of nitrogens with one attached hydrogen (secondary N) is 1. The van der Waals surface area contributed by atoms with E-state index in [1.807, 2.05) is 13.8 Å². The van der Waals surface area contributed by atoms with Gasteiger partial charge in [0.25, 0.3) is 5.91 Å². The van der Waals surface area contributed by atoms with Gasteiger partial charge in [-0.15, -0.1) is 0 Å². The van der Waals surface area contributed by atoms with Gasteiger partial charge in [0, 0.05) is 23.6 Å². The van der Waals surface area contributed by atoms with Crippen LogP contribution < -0.4 is 9.46 Å². The molecule has 1 saturated heterocycles. The van der Waals surface area contributed by atoms with Crippen molar-refractivity contribution in [3.8, 4) is 5.75 Å². The molecule has 30 heavy (non-hydrogen) atoms. The molecular weight excluding hydrogens is 475 g/mol. The third-order valence-corrected chi connectivity index (χ3v) is 6.79. The zero-order valence-corrected chi connectivity index (χ0v) is 19.2. The molecule has 9 heteroatoms. The van der Waals surface area contributed by atoms with Gasteiger partial charge in [-0.2, -0.15) is 0 Å². The molecule has 162 valence electrons. The summed E-state index contributed by atoms with van der Waals surface area (Å²) >= 11 is 3.40. The van der Waals surface area contributed by atoms with Crippen LogP contribution in [0.15, 0.2) is 51.8 Å². The van der Waals surface area contributed by atoms with Gasteiger partial charge < -0.3 is 9.64 Å². The van der Waals surface area contributed by atoms with Crippen molar-refractivity contribution in [2.75, 3.05) is 13.1 Å². The average molecular weight is 499 g/mol. The Labute approximate surface area is 184 Å². The van der Waals surface area contributed by atoms with Gasteiger partial charge in [0.15, 0.2) is 0 Å². The molecule has 0 unspecified atom stereocenters.